The predicted molar refractivity (Wildman–Crippen MR) is 93.7 cm³/mol. The largest absolute Gasteiger partial charge is 0.477 e. The monoisotopic (exact) mass is 366 g/mol. The number of carboxylic acids is 1. The molecule has 23 heavy (non-hydrogen) atoms. The molecule has 0 fully saturated rings. The van der Waals surface area contributed by atoms with Crippen LogP contribution in [0.3, 0.4) is 0 Å². The molecule has 0 saturated carbocycles. The van der Waals surface area contributed by atoms with E-state index in [2.05, 4.69) is 25.9 Å². The first-order valence-corrected chi connectivity index (χ1v) is 7.83. The van der Waals surface area contributed by atoms with Crippen LogP contribution in [0.25, 0.3) is 33.1 Å². The van der Waals surface area contributed by atoms with Crippen LogP contribution in [-0.4, -0.2) is 21.0 Å². The van der Waals surface area contributed by atoms with Crippen LogP contribution in [0.15, 0.2) is 59.1 Å². The Bertz CT molecular complexity index is 1050. The number of nitrogens with one attached hydrogen (secondary N) is 1. The molecule has 0 radical (unpaired) electrons. The molecular formula is C18H11BrN2O2. The minimum Gasteiger partial charge on any atom is -0.477 e. The first kappa shape index (κ1) is 14.0. The van der Waals surface area contributed by atoms with Crippen LogP contribution in [0.1, 0.15) is 10.5 Å². The number of para-hydroxylation sites is 1. The summed E-state index contributed by atoms with van der Waals surface area (Å²) in [5.74, 6) is -1.03. The Balaban J connectivity index is 2.12. The van der Waals surface area contributed by atoms with E-state index >= 15 is 0 Å². The standard InChI is InChI=1S/C18H11BrN2O2/c19-11-7-5-10(6-8-11)16-17-13(9-15(21-16)18(22)23)12-3-1-2-4-14(12)20-17/h1-9,20H,(H,22,23). The van der Waals surface area contributed by atoms with E-state index in [9.17, 15) is 9.90 Å². The number of aromatic amines is 1. The van der Waals surface area contributed by atoms with E-state index in [4.69, 9.17) is 0 Å². The molecule has 0 spiro atoms. The molecule has 0 aliphatic rings. The van der Waals surface area contributed by atoms with Crippen molar-refractivity contribution in [3.8, 4) is 11.3 Å². The molecule has 2 aromatic carbocycles. The van der Waals surface area contributed by atoms with E-state index in [1.54, 1.807) is 6.07 Å². The van der Waals surface area contributed by atoms with E-state index in [-0.39, 0.29) is 5.69 Å². The minimum absolute atomic E-state index is 0.0418. The first-order valence-electron chi connectivity index (χ1n) is 7.04. The fourth-order valence-electron chi connectivity index (χ4n) is 2.77. The number of rotatable bonds is 2. The molecule has 0 aliphatic heterocycles. The molecule has 2 N–H and O–H groups in total. The average molecular weight is 367 g/mol. The Morgan fingerprint density at radius 1 is 1.04 bits per heavy atom. The lowest BCUT2D eigenvalue weighted by Crippen LogP contribution is -2.01. The van der Waals surface area contributed by atoms with Crippen LogP contribution in [-0.2, 0) is 0 Å². The number of benzene rings is 2. The van der Waals surface area contributed by atoms with Crippen LogP contribution < -0.4 is 0 Å². The predicted octanol–water partition coefficient (Wildman–Crippen LogP) is 4.84. The third-order valence-corrected chi connectivity index (χ3v) is 4.36. The van der Waals surface area contributed by atoms with Gasteiger partial charge in [0.25, 0.3) is 0 Å². The van der Waals surface area contributed by atoms with Crippen LogP contribution in [0.2, 0.25) is 0 Å². The number of nitrogens with zero attached hydrogens (tertiary/aromatic N) is 1. The van der Waals surface area contributed by atoms with Crippen molar-refractivity contribution < 1.29 is 9.90 Å². The van der Waals surface area contributed by atoms with Gasteiger partial charge in [0.15, 0.2) is 0 Å². The van der Waals surface area contributed by atoms with E-state index in [1.165, 1.54) is 0 Å². The quantitative estimate of drug-likeness (QED) is 0.533. The van der Waals surface area contributed by atoms with Crippen molar-refractivity contribution >= 4 is 43.7 Å². The smallest absolute Gasteiger partial charge is 0.354 e. The van der Waals surface area contributed by atoms with E-state index < -0.39 is 5.97 Å². The zero-order valence-electron chi connectivity index (χ0n) is 11.9. The first-order chi connectivity index (χ1) is 11.1. The molecule has 0 bridgehead atoms. The van der Waals surface area contributed by atoms with Gasteiger partial charge in [0.1, 0.15) is 5.69 Å². The maximum atomic E-state index is 11.5. The molecule has 4 aromatic rings. The number of carbonyl (C=O) groups is 1. The lowest BCUT2D eigenvalue weighted by molar-refractivity contribution is 0.0691. The van der Waals surface area contributed by atoms with Crippen LogP contribution in [0.4, 0.5) is 0 Å². The molecule has 4 nitrogen and oxygen atoms in total. The summed E-state index contributed by atoms with van der Waals surface area (Å²) in [6.45, 7) is 0. The van der Waals surface area contributed by atoms with Crippen molar-refractivity contribution in [2.45, 2.75) is 0 Å². The highest BCUT2D eigenvalue weighted by Crippen LogP contribution is 2.33. The number of H-pyrrole nitrogens is 1. The molecule has 2 aromatic heterocycles. The topological polar surface area (TPSA) is 66.0 Å². The van der Waals surface area contributed by atoms with Gasteiger partial charge in [-0.05, 0) is 24.3 Å². The Kier molecular flexibility index (Phi) is 3.16. The number of halogens is 1. The summed E-state index contributed by atoms with van der Waals surface area (Å²) in [7, 11) is 0. The lowest BCUT2D eigenvalue weighted by Gasteiger charge is -2.05. The van der Waals surface area contributed by atoms with Crippen LogP contribution >= 0.6 is 15.9 Å². The fourth-order valence-corrected chi connectivity index (χ4v) is 3.04. The van der Waals surface area contributed by atoms with Crippen molar-refractivity contribution in [3.05, 3.63) is 64.8 Å². The van der Waals surface area contributed by atoms with Crippen molar-refractivity contribution in [1.29, 1.82) is 0 Å². The van der Waals surface area contributed by atoms with Gasteiger partial charge in [0.2, 0.25) is 0 Å². The number of aromatic nitrogens is 2. The zero-order chi connectivity index (χ0) is 16.0. The summed E-state index contributed by atoms with van der Waals surface area (Å²) in [5, 5.41) is 11.2. The Morgan fingerprint density at radius 3 is 2.52 bits per heavy atom. The van der Waals surface area contributed by atoms with Gasteiger partial charge < -0.3 is 10.1 Å². The van der Waals surface area contributed by atoms with Gasteiger partial charge in [-0.2, -0.15) is 0 Å². The molecule has 5 heteroatoms. The van der Waals surface area contributed by atoms with Gasteiger partial charge in [0.05, 0.1) is 11.2 Å². The van der Waals surface area contributed by atoms with E-state index in [0.717, 1.165) is 31.8 Å². The van der Waals surface area contributed by atoms with Crippen LogP contribution in [0.5, 0.6) is 0 Å². The van der Waals surface area contributed by atoms with Crippen molar-refractivity contribution in [3.63, 3.8) is 0 Å². The van der Waals surface area contributed by atoms with E-state index in [1.807, 2.05) is 48.5 Å². The highest BCUT2D eigenvalue weighted by atomic mass is 79.9. The van der Waals surface area contributed by atoms with Crippen LogP contribution in [0, 0.1) is 0 Å². The molecular weight excluding hydrogens is 356 g/mol. The Labute approximate surface area is 139 Å². The molecule has 4 rings (SSSR count). The molecule has 0 amide bonds. The molecule has 0 aliphatic carbocycles. The summed E-state index contributed by atoms with van der Waals surface area (Å²) in [6, 6.07) is 17.1. The van der Waals surface area contributed by atoms with Gasteiger partial charge in [-0.25, -0.2) is 9.78 Å². The Morgan fingerprint density at radius 2 is 1.78 bits per heavy atom. The van der Waals surface area contributed by atoms with Gasteiger partial charge in [-0.1, -0.05) is 46.3 Å². The van der Waals surface area contributed by atoms with Gasteiger partial charge in [-0.3, -0.25) is 0 Å². The van der Waals surface area contributed by atoms with E-state index in [0.29, 0.717) is 5.69 Å². The maximum absolute atomic E-state index is 11.5. The maximum Gasteiger partial charge on any atom is 0.354 e. The highest BCUT2D eigenvalue weighted by Gasteiger charge is 2.16. The SMILES string of the molecule is O=C(O)c1cc2c([nH]c3ccccc32)c(-c2ccc(Br)cc2)n1. The van der Waals surface area contributed by atoms with Gasteiger partial charge >= 0.3 is 5.97 Å². The lowest BCUT2D eigenvalue weighted by atomic mass is 10.1. The second-order valence-corrected chi connectivity index (χ2v) is 6.18. The van der Waals surface area contributed by atoms with Crippen molar-refractivity contribution in [1.82, 2.24) is 9.97 Å². The fraction of sp³-hybridized carbons (Fsp3) is 0. The number of hydrogen-bond donors (Lipinski definition) is 2. The van der Waals surface area contributed by atoms with Crippen molar-refractivity contribution in [2.24, 2.45) is 0 Å². The summed E-state index contributed by atoms with van der Waals surface area (Å²) >= 11 is 3.41. The molecule has 2 heterocycles. The summed E-state index contributed by atoms with van der Waals surface area (Å²) in [5.41, 5.74) is 3.36. The summed E-state index contributed by atoms with van der Waals surface area (Å²) in [6.07, 6.45) is 0. The number of fused-ring (bicyclic) bond motifs is 3. The third kappa shape index (κ3) is 2.29. The molecule has 0 atom stereocenters. The summed E-state index contributed by atoms with van der Waals surface area (Å²) in [4.78, 5) is 19.2. The normalized spacial score (nSPS) is 11.2. The molecule has 0 saturated heterocycles. The number of aromatic carboxylic acids is 1. The number of hydrogen-bond acceptors (Lipinski definition) is 2. The second kappa shape index (κ2) is 5.21. The highest BCUT2D eigenvalue weighted by molar-refractivity contribution is 9.10. The van der Waals surface area contributed by atoms with Crippen molar-refractivity contribution in [2.75, 3.05) is 0 Å². The number of carboxylic acid groups (broad SMARTS) is 1. The Hall–Kier alpha value is -2.66. The molecule has 0 unspecified atom stereocenters. The second-order valence-electron chi connectivity index (χ2n) is 5.26. The van der Waals surface area contributed by atoms with Gasteiger partial charge in [0, 0.05) is 26.3 Å². The zero-order valence-corrected chi connectivity index (χ0v) is 13.5. The average Bonchev–Trinajstić information content (AvgIpc) is 2.93. The third-order valence-electron chi connectivity index (χ3n) is 3.83. The minimum atomic E-state index is -1.03. The van der Waals surface area contributed by atoms with Gasteiger partial charge in [-0.15, -0.1) is 0 Å². The molecule has 112 valence electrons. The summed E-state index contributed by atoms with van der Waals surface area (Å²) < 4.78 is 0.962. The number of pyridine rings is 1.